The molecule has 2 amide bonds. The second-order valence-electron chi connectivity index (χ2n) is 6.27. The van der Waals surface area contributed by atoms with Crippen molar-refractivity contribution in [2.24, 2.45) is 5.73 Å². The van der Waals surface area contributed by atoms with Crippen LogP contribution in [0.2, 0.25) is 0 Å². The van der Waals surface area contributed by atoms with Crippen molar-refractivity contribution >= 4 is 17.5 Å². The van der Waals surface area contributed by atoms with Crippen molar-refractivity contribution in [3.05, 3.63) is 18.2 Å². The fourth-order valence-electron chi connectivity index (χ4n) is 2.80. The number of fused-ring (bicyclic) bond motifs is 1. The molecule has 0 fully saturated rings. The molecule has 7 heteroatoms. The number of benzene rings is 1. The van der Waals surface area contributed by atoms with E-state index >= 15 is 0 Å². The number of carbonyl (C=O) groups excluding carboxylic acids is 2. The predicted octanol–water partition coefficient (Wildman–Crippen LogP) is 2.15. The summed E-state index contributed by atoms with van der Waals surface area (Å²) in [6, 6.07) is 5.27. The zero-order chi connectivity index (χ0) is 18.8. The van der Waals surface area contributed by atoms with E-state index in [-0.39, 0.29) is 18.4 Å². The molecule has 0 spiro atoms. The monoisotopic (exact) mass is 363 g/mol. The van der Waals surface area contributed by atoms with Crippen LogP contribution in [0.25, 0.3) is 0 Å². The van der Waals surface area contributed by atoms with Crippen LogP contribution in [-0.4, -0.2) is 49.6 Å². The van der Waals surface area contributed by atoms with Crippen LogP contribution in [0.3, 0.4) is 0 Å². The third-order valence-corrected chi connectivity index (χ3v) is 4.24. The number of nitrogens with two attached hydrogens (primary N) is 1. The van der Waals surface area contributed by atoms with Gasteiger partial charge in [-0.05, 0) is 38.4 Å². The molecule has 1 aromatic rings. The summed E-state index contributed by atoms with van der Waals surface area (Å²) < 4.78 is 11.0. The molecule has 0 saturated heterocycles. The van der Waals surface area contributed by atoms with Crippen LogP contribution < -0.4 is 20.5 Å². The number of ether oxygens (including phenoxy) is 2. The van der Waals surface area contributed by atoms with Gasteiger partial charge in [0.05, 0.1) is 6.54 Å². The fraction of sp³-hybridized carbons (Fsp3) is 0.579. The summed E-state index contributed by atoms with van der Waals surface area (Å²) in [7, 11) is 0. The van der Waals surface area contributed by atoms with E-state index in [4.69, 9.17) is 15.2 Å². The maximum Gasteiger partial charge on any atom is 0.243 e. The van der Waals surface area contributed by atoms with Gasteiger partial charge in [-0.2, -0.15) is 0 Å². The first-order valence-electron chi connectivity index (χ1n) is 9.31. The number of anilines is 1. The minimum atomic E-state index is -0.222. The second kappa shape index (κ2) is 10.7. The highest BCUT2D eigenvalue weighted by atomic mass is 16.6. The van der Waals surface area contributed by atoms with E-state index in [9.17, 15) is 9.59 Å². The molecule has 2 rings (SSSR count). The number of rotatable bonds is 10. The zero-order valence-corrected chi connectivity index (χ0v) is 15.5. The Morgan fingerprint density at radius 2 is 1.85 bits per heavy atom. The first-order valence-corrected chi connectivity index (χ1v) is 9.31. The summed E-state index contributed by atoms with van der Waals surface area (Å²) in [6.07, 6.45) is 4.32. The molecule has 144 valence electrons. The van der Waals surface area contributed by atoms with Gasteiger partial charge in [0.1, 0.15) is 13.2 Å². The average molecular weight is 363 g/mol. The van der Waals surface area contributed by atoms with Crippen molar-refractivity contribution in [1.82, 2.24) is 4.90 Å². The molecule has 0 aromatic heterocycles. The van der Waals surface area contributed by atoms with Crippen LogP contribution in [-0.2, 0) is 9.59 Å². The van der Waals surface area contributed by atoms with Crippen molar-refractivity contribution in [3.8, 4) is 11.5 Å². The van der Waals surface area contributed by atoms with Gasteiger partial charge in [-0.25, -0.2) is 0 Å². The van der Waals surface area contributed by atoms with Crippen LogP contribution >= 0.6 is 0 Å². The SMILES string of the molecule is CCN(CC(=O)Nc1ccc2c(c1)OCCO2)C(=O)CCCCCCN. The number of hydrogen-bond acceptors (Lipinski definition) is 5. The van der Waals surface area contributed by atoms with Gasteiger partial charge >= 0.3 is 0 Å². The lowest BCUT2D eigenvalue weighted by Crippen LogP contribution is -2.37. The van der Waals surface area contributed by atoms with Gasteiger partial charge in [0.15, 0.2) is 11.5 Å². The third kappa shape index (κ3) is 6.22. The number of nitrogens with zero attached hydrogens (tertiary/aromatic N) is 1. The van der Waals surface area contributed by atoms with E-state index in [0.717, 1.165) is 25.7 Å². The van der Waals surface area contributed by atoms with Crippen molar-refractivity contribution in [2.75, 3.05) is 38.2 Å². The number of nitrogens with one attached hydrogen (secondary N) is 1. The molecule has 1 aliphatic rings. The van der Waals surface area contributed by atoms with Crippen LogP contribution in [0, 0.1) is 0 Å². The molecule has 0 bridgehead atoms. The topological polar surface area (TPSA) is 93.9 Å². The molecule has 0 atom stereocenters. The number of amides is 2. The van der Waals surface area contributed by atoms with E-state index in [1.54, 1.807) is 23.1 Å². The lowest BCUT2D eigenvalue weighted by Gasteiger charge is -2.21. The van der Waals surface area contributed by atoms with Gasteiger partial charge < -0.3 is 25.4 Å². The van der Waals surface area contributed by atoms with Gasteiger partial charge in [0.2, 0.25) is 11.8 Å². The summed E-state index contributed by atoms with van der Waals surface area (Å²) in [5.74, 6) is 1.08. The Kier molecular flexibility index (Phi) is 8.21. The average Bonchev–Trinajstić information content (AvgIpc) is 2.65. The Bertz CT molecular complexity index is 606. The maximum absolute atomic E-state index is 12.3. The summed E-state index contributed by atoms with van der Waals surface area (Å²) >= 11 is 0. The summed E-state index contributed by atoms with van der Waals surface area (Å²) in [6.45, 7) is 4.15. The van der Waals surface area contributed by atoms with Gasteiger partial charge in [0.25, 0.3) is 0 Å². The van der Waals surface area contributed by atoms with Crippen LogP contribution in [0.4, 0.5) is 5.69 Å². The maximum atomic E-state index is 12.3. The van der Waals surface area contributed by atoms with Crippen molar-refractivity contribution < 1.29 is 19.1 Å². The molecule has 0 saturated carbocycles. The quantitative estimate of drug-likeness (QED) is 0.621. The van der Waals surface area contributed by atoms with Gasteiger partial charge in [-0.3, -0.25) is 9.59 Å². The minimum absolute atomic E-state index is 0.0116. The van der Waals surface area contributed by atoms with E-state index < -0.39 is 0 Å². The largest absolute Gasteiger partial charge is 0.486 e. The lowest BCUT2D eigenvalue weighted by atomic mass is 10.1. The Morgan fingerprint density at radius 1 is 1.12 bits per heavy atom. The Hall–Kier alpha value is -2.28. The predicted molar refractivity (Wildman–Crippen MR) is 100 cm³/mol. The third-order valence-electron chi connectivity index (χ3n) is 4.24. The Morgan fingerprint density at radius 3 is 2.58 bits per heavy atom. The van der Waals surface area contributed by atoms with E-state index in [1.807, 2.05) is 6.92 Å². The van der Waals surface area contributed by atoms with Crippen molar-refractivity contribution in [3.63, 3.8) is 0 Å². The molecular formula is C19H29N3O4. The van der Waals surface area contributed by atoms with Gasteiger partial charge in [0, 0.05) is 24.7 Å². The molecular weight excluding hydrogens is 334 g/mol. The van der Waals surface area contributed by atoms with Crippen molar-refractivity contribution in [1.29, 1.82) is 0 Å². The van der Waals surface area contributed by atoms with Crippen LogP contribution in [0.5, 0.6) is 11.5 Å². The second-order valence-corrected chi connectivity index (χ2v) is 6.27. The number of likely N-dealkylation sites (N-methyl/N-ethyl adjacent to an activating group) is 1. The molecule has 26 heavy (non-hydrogen) atoms. The standard InChI is InChI=1S/C19H29N3O4/c1-2-22(19(24)7-5-3-4-6-10-20)14-18(23)21-15-8-9-16-17(13-15)26-12-11-25-16/h8-9,13H,2-7,10-12,14,20H2,1H3,(H,21,23). The highest BCUT2D eigenvalue weighted by Gasteiger charge is 2.17. The Balaban J connectivity index is 1.80. The smallest absolute Gasteiger partial charge is 0.243 e. The molecule has 3 N–H and O–H groups in total. The minimum Gasteiger partial charge on any atom is -0.486 e. The first-order chi connectivity index (χ1) is 12.6. The van der Waals surface area contributed by atoms with E-state index in [2.05, 4.69) is 5.32 Å². The van der Waals surface area contributed by atoms with Crippen molar-refractivity contribution in [2.45, 2.75) is 39.0 Å². The Labute approximate surface area is 154 Å². The number of carbonyl (C=O) groups is 2. The summed E-state index contributed by atoms with van der Waals surface area (Å²) in [4.78, 5) is 26.1. The van der Waals surface area contributed by atoms with Gasteiger partial charge in [-0.15, -0.1) is 0 Å². The highest BCUT2D eigenvalue weighted by Crippen LogP contribution is 2.32. The molecule has 0 aliphatic carbocycles. The van der Waals surface area contributed by atoms with Gasteiger partial charge in [-0.1, -0.05) is 12.8 Å². The highest BCUT2D eigenvalue weighted by molar-refractivity contribution is 5.94. The molecule has 0 radical (unpaired) electrons. The summed E-state index contributed by atoms with van der Waals surface area (Å²) in [5.41, 5.74) is 6.09. The molecule has 0 unspecified atom stereocenters. The van der Waals surface area contributed by atoms with E-state index in [0.29, 0.717) is 49.9 Å². The molecule has 1 heterocycles. The number of unbranched alkanes of at least 4 members (excludes halogenated alkanes) is 3. The van der Waals surface area contributed by atoms with E-state index in [1.165, 1.54) is 0 Å². The van der Waals surface area contributed by atoms with Crippen LogP contribution in [0.15, 0.2) is 18.2 Å². The molecule has 1 aromatic carbocycles. The summed E-state index contributed by atoms with van der Waals surface area (Å²) in [5, 5.41) is 2.81. The van der Waals surface area contributed by atoms with Crippen LogP contribution in [0.1, 0.15) is 39.0 Å². The molecule has 7 nitrogen and oxygen atoms in total. The fourth-order valence-corrected chi connectivity index (χ4v) is 2.80. The number of hydrogen-bond donors (Lipinski definition) is 2. The lowest BCUT2D eigenvalue weighted by molar-refractivity contribution is -0.134. The molecule has 1 aliphatic heterocycles. The first kappa shape index (κ1) is 20.0. The normalized spacial score (nSPS) is 12.5. The zero-order valence-electron chi connectivity index (χ0n) is 15.5.